The van der Waals surface area contributed by atoms with Gasteiger partial charge in [0.15, 0.2) is 0 Å². The summed E-state index contributed by atoms with van der Waals surface area (Å²) in [5.41, 5.74) is 1.86. The lowest BCUT2D eigenvalue weighted by Gasteiger charge is -2.05. The summed E-state index contributed by atoms with van der Waals surface area (Å²) in [6.07, 6.45) is 1.85. The first kappa shape index (κ1) is 9.15. The minimum Gasteiger partial charge on any atom is -0.479 e. The second kappa shape index (κ2) is 3.20. The third-order valence-corrected chi connectivity index (χ3v) is 2.75. The minimum atomic E-state index is 0.619. The van der Waals surface area contributed by atoms with Gasteiger partial charge in [-0.3, -0.25) is 4.68 Å². The lowest BCUT2D eigenvalue weighted by atomic mass is 10.1. The van der Waals surface area contributed by atoms with E-state index in [0.717, 1.165) is 21.8 Å². The first-order chi connectivity index (χ1) is 7.81. The third kappa shape index (κ3) is 1.10. The van der Waals surface area contributed by atoms with Crippen LogP contribution in [0.2, 0.25) is 0 Å². The van der Waals surface area contributed by atoms with E-state index >= 15 is 0 Å². The summed E-state index contributed by atoms with van der Waals surface area (Å²) in [7, 11) is 3.52. The van der Waals surface area contributed by atoms with Crippen molar-refractivity contribution < 1.29 is 4.74 Å². The van der Waals surface area contributed by atoms with E-state index in [4.69, 9.17) is 4.74 Å². The van der Waals surface area contributed by atoms with Gasteiger partial charge in [0.05, 0.1) is 18.8 Å². The molecule has 3 rings (SSSR count). The van der Waals surface area contributed by atoms with Crippen LogP contribution in [0, 0.1) is 0 Å². The second-order valence-corrected chi connectivity index (χ2v) is 3.67. The van der Waals surface area contributed by atoms with Gasteiger partial charge in [-0.05, 0) is 6.07 Å². The standard InChI is InChI=1S/C12H11N3O/c1-15-11-9(7-13-15)8-5-3-4-6-10(8)14-12(11)16-2/h3-7H,1-2H3. The summed E-state index contributed by atoms with van der Waals surface area (Å²) < 4.78 is 7.09. The van der Waals surface area contributed by atoms with Gasteiger partial charge in [0.2, 0.25) is 5.88 Å². The van der Waals surface area contributed by atoms with E-state index in [-0.39, 0.29) is 0 Å². The molecule has 0 atom stereocenters. The predicted molar refractivity (Wildman–Crippen MR) is 62.6 cm³/mol. The molecule has 0 spiro atoms. The highest BCUT2D eigenvalue weighted by Crippen LogP contribution is 2.29. The summed E-state index contributed by atoms with van der Waals surface area (Å²) in [6, 6.07) is 8.00. The van der Waals surface area contributed by atoms with E-state index < -0.39 is 0 Å². The van der Waals surface area contributed by atoms with Crippen LogP contribution in [0.15, 0.2) is 30.5 Å². The molecule has 4 nitrogen and oxygen atoms in total. The molecular formula is C12H11N3O. The van der Waals surface area contributed by atoms with Crippen LogP contribution in [-0.4, -0.2) is 21.9 Å². The number of rotatable bonds is 1. The largest absolute Gasteiger partial charge is 0.479 e. The number of methoxy groups -OCH3 is 1. The number of aryl methyl sites for hydroxylation is 1. The molecule has 80 valence electrons. The van der Waals surface area contributed by atoms with E-state index in [0.29, 0.717) is 5.88 Å². The second-order valence-electron chi connectivity index (χ2n) is 3.67. The average Bonchev–Trinajstić information content (AvgIpc) is 2.71. The monoisotopic (exact) mass is 213 g/mol. The summed E-state index contributed by atoms with van der Waals surface area (Å²) in [5.74, 6) is 0.619. The Balaban J connectivity index is 2.58. The van der Waals surface area contributed by atoms with Crippen molar-refractivity contribution in [1.82, 2.24) is 14.8 Å². The first-order valence-electron chi connectivity index (χ1n) is 5.05. The van der Waals surface area contributed by atoms with E-state index in [2.05, 4.69) is 10.1 Å². The number of aromatic nitrogens is 3. The van der Waals surface area contributed by atoms with Crippen LogP contribution < -0.4 is 4.74 Å². The van der Waals surface area contributed by atoms with E-state index in [1.54, 1.807) is 11.8 Å². The zero-order valence-corrected chi connectivity index (χ0v) is 9.14. The first-order valence-corrected chi connectivity index (χ1v) is 5.05. The van der Waals surface area contributed by atoms with Crippen LogP contribution in [0.5, 0.6) is 5.88 Å². The Bertz CT molecular complexity index is 672. The molecule has 0 amide bonds. The van der Waals surface area contributed by atoms with Gasteiger partial charge in [-0.2, -0.15) is 5.10 Å². The molecule has 0 N–H and O–H groups in total. The summed E-state index contributed by atoms with van der Waals surface area (Å²) in [4.78, 5) is 4.47. The molecule has 4 heteroatoms. The Morgan fingerprint density at radius 3 is 2.81 bits per heavy atom. The van der Waals surface area contributed by atoms with Crippen LogP contribution in [0.1, 0.15) is 0 Å². The SMILES string of the molecule is COc1nc2ccccc2c2cnn(C)c12. The highest BCUT2D eigenvalue weighted by atomic mass is 16.5. The van der Waals surface area contributed by atoms with Crippen molar-refractivity contribution >= 4 is 21.8 Å². The van der Waals surface area contributed by atoms with E-state index in [1.165, 1.54) is 0 Å². The number of benzene rings is 1. The molecule has 3 aromatic rings. The Morgan fingerprint density at radius 2 is 2.00 bits per heavy atom. The van der Waals surface area contributed by atoms with Gasteiger partial charge in [-0.1, -0.05) is 18.2 Å². The zero-order chi connectivity index (χ0) is 11.1. The van der Waals surface area contributed by atoms with Crippen molar-refractivity contribution in [2.24, 2.45) is 7.05 Å². The normalized spacial score (nSPS) is 11.1. The fourth-order valence-electron chi connectivity index (χ4n) is 1.99. The van der Waals surface area contributed by atoms with Crippen molar-refractivity contribution in [3.63, 3.8) is 0 Å². The fraction of sp³-hybridized carbons (Fsp3) is 0.167. The smallest absolute Gasteiger partial charge is 0.240 e. The van der Waals surface area contributed by atoms with Crippen molar-refractivity contribution in [2.45, 2.75) is 0 Å². The lowest BCUT2D eigenvalue weighted by molar-refractivity contribution is 0.402. The number of hydrogen-bond donors (Lipinski definition) is 0. The molecule has 2 aromatic heterocycles. The fourth-order valence-corrected chi connectivity index (χ4v) is 1.99. The molecule has 0 saturated carbocycles. The van der Waals surface area contributed by atoms with Crippen LogP contribution in [0.3, 0.4) is 0 Å². The van der Waals surface area contributed by atoms with Gasteiger partial charge in [-0.15, -0.1) is 0 Å². The highest BCUT2D eigenvalue weighted by molar-refractivity contribution is 6.06. The molecule has 0 bridgehead atoms. The van der Waals surface area contributed by atoms with Crippen LogP contribution in [0.4, 0.5) is 0 Å². The molecule has 0 aliphatic carbocycles. The van der Waals surface area contributed by atoms with Crippen molar-refractivity contribution in [3.8, 4) is 5.88 Å². The number of nitrogens with zero attached hydrogens (tertiary/aromatic N) is 3. The Kier molecular flexibility index (Phi) is 1.83. The lowest BCUT2D eigenvalue weighted by Crippen LogP contribution is -1.95. The molecule has 0 unspecified atom stereocenters. The van der Waals surface area contributed by atoms with Crippen LogP contribution in [0.25, 0.3) is 21.8 Å². The Hall–Kier alpha value is -2.10. The molecule has 16 heavy (non-hydrogen) atoms. The number of para-hydroxylation sites is 1. The van der Waals surface area contributed by atoms with E-state index in [1.807, 2.05) is 37.5 Å². The molecular weight excluding hydrogens is 202 g/mol. The number of hydrogen-bond acceptors (Lipinski definition) is 3. The molecule has 0 fully saturated rings. The van der Waals surface area contributed by atoms with Gasteiger partial charge in [0, 0.05) is 17.8 Å². The quantitative estimate of drug-likeness (QED) is 0.621. The summed E-state index contributed by atoms with van der Waals surface area (Å²) in [6.45, 7) is 0. The number of ether oxygens (including phenoxy) is 1. The van der Waals surface area contributed by atoms with Crippen molar-refractivity contribution in [1.29, 1.82) is 0 Å². The number of pyridine rings is 1. The van der Waals surface area contributed by atoms with Gasteiger partial charge < -0.3 is 4.74 Å². The van der Waals surface area contributed by atoms with Crippen molar-refractivity contribution in [3.05, 3.63) is 30.5 Å². The molecule has 1 aromatic carbocycles. The summed E-state index contributed by atoms with van der Waals surface area (Å²) in [5, 5.41) is 6.43. The number of fused-ring (bicyclic) bond motifs is 3. The highest BCUT2D eigenvalue weighted by Gasteiger charge is 2.11. The maximum Gasteiger partial charge on any atom is 0.240 e. The maximum atomic E-state index is 5.30. The van der Waals surface area contributed by atoms with Crippen molar-refractivity contribution in [2.75, 3.05) is 7.11 Å². The van der Waals surface area contributed by atoms with Gasteiger partial charge in [-0.25, -0.2) is 4.98 Å². The van der Waals surface area contributed by atoms with Gasteiger partial charge in [0.25, 0.3) is 0 Å². The average molecular weight is 213 g/mol. The molecule has 0 aliphatic rings. The van der Waals surface area contributed by atoms with E-state index in [9.17, 15) is 0 Å². The molecule has 0 aliphatic heterocycles. The predicted octanol–water partition coefficient (Wildman–Crippen LogP) is 2.13. The summed E-state index contributed by atoms with van der Waals surface area (Å²) >= 11 is 0. The molecule has 0 radical (unpaired) electrons. The maximum absolute atomic E-state index is 5.30. The third-order valence-electron chi connectivity index (χ3n) is 2.75. The van der Waals surface area contributed by atoms with Gasteiger partial charge in [0.1, 0.15) is 5.52 Å². The van der Waals surface area contributed by atoms with Crippen LogP contribution >= 0.6 is 0 Å². The zero-order valence-electron chi connectivity index (χ0n) is 9.14. The molecule has 2 heterocycles. The van der Waals surface area contributed by atoms with Gasteiger partial charge >= 0.3 is 0 Å². The minimum absolute atomic E-state index is 0.619. The van der Waals surface area contributed by atoms with Crippen LogP contribution in [-0.2, 0) is 7.05 Å². The Labute approximate surface area is 92.5 Å². The Morgan fingerprint density at radius 1 is 1.19 bits per heavy atom. The molecule has 0 saturated heterocycles. The topological polar surface area (TPSA) is 39.9 Å².